The molecule has 26 heavy (non-hydrogen) atoms. The molecule has 0 saturated heterocycles. The maximum Gasteiger partial charge on any atom is 0.318 e. The van der Waals surface area contributed by atoms with Gasteiger partial charge in [-0.1, -0.05) is 30.3 Å². The minimum absolute atomic E-state index is 0.0647. The molecule has 0 unspecified atom stereocenters. The zero-order valence-electron chi connectivity index (χ0n) is 14.7. The van der Waals surface area contributed by atoms with Gasteiger partial charge in [0.1, 0.15) is 17.1 Å². The van der Waals surface area contributed by atoms with Crippen LogP contribution in [-0.4, -0.2) is 36.9 Å². The number of ether oxygens (including phenoxy) is 2. The highest BCUT2D eigenvalue weighted by Crippen LogP contribution is 2.29. The van der Waals surface area contributed by atoms with Gasteiger partial charge in [0.2, 0.25) is 0 Å². The lowest BCUT2D eigenvalue weighted by Crippen LogP contribution is -2.34. The molecule has 0 aromatic heterocycles. The first kappa shape index (κ1) is 18.3. The number of hydrogen-bond acceptors (Lipinski definition) is 5. The van der Waals surface area contributed by atoms with Crippen LogP contribution in [0.4, 0.5) is 0 Å². The smallest absolute Gasteiger partial charge is 0.318 e. The van der Waals surface area contributed by atoms with E-state index in [2.05, 4.69) is 5.32 Å². The average Bonchev–Trinajstić information content (AvgIpc) is 3.08. The Hall–Kier alpha value is -2.47. The molecule has 0 aliphatic carbocycles. The Balaban J connectivity index is 1.61. The molecule has 0 bridgehead atoms. The van der Waals surface area contributed by atoms with Crippen molar-refractivity contribution in [3.05, 3.63) is 59.7 Å². The van der Waals surface area contributed by atoms with Crippen LogP contribution in [0.15, 0.2) is 53.4 Å². The second kappa shape index (κ2) is 8.27. The molecule has 0 saturated carbocycles. The van der Waals surface area contributed by atoms with Crippen molar-refractivity contribution in [3.63, 3.8) is 0 Å². The van der Waals surface area contributed by atoms with Gasteiger partial charge < -0.3 is 14.8 Å². The summed E-state index contributed by atoms with van der Waals surface area (Å²) in [5.41, 5.74) is 1.71. The Labute approximate surface area is 157 Å². The van der Waals surface area contributed by atoms with Gasteiger partial charge in [-0.15, -0.1) is 11.8 Å². The van der Waals surface area contributed by atoms with E-state index in [0.29, 0.717) is 12.1 Å². The van der Waals surface area contributed by atoms with Crippen LogP contribution in [0.25, 0.3) is 0 Å². The quantitative estimate of drug-likeness (QED) is 0.624. The third kappa shape index (κ3) is 4.19. The summed E-state index contributed by atoms with van der Waals surface area (Å²) in [5, 5.41) is 2.55. The Morgan fingerprint density at radius 2 is 1.96 bits per heavy atom. The highest BCUT2D eigenvalue weighted by Gasteiger charge is 2.24. The van der Waals surface area contributed by atoms with Crippen molar-refractivity contribution in [2.24, 2.45) is 0 Å². The zero-order valence-corrected chi connectivity index (χ0v) is 15.5. The molecule has 2 aromatic carbocycles. The van der Waals surface area contributed by atoms with Crippen LogP contribution in [0, 0.1) is 0 Å². The largest absolute Gasteiger partial charge is 0.488 e. The number of methoxy groups -OCH3 is 1. The van der Waals surface area contributed by atoms with E-state index in [-0.39, 0.29) is 23.2 Å². The number of carbonyl (C=O) groups is 2. The topological polar surface area (TPSA) is 64.6 Å². The molecule has 3 rings (SSSR count). The SMILES string of the molecule is COC(=O)[C@H](C)Sc1ccccc1C(=O)NC[C@H]1Cc2ccccc2O1. The molecule has 1 aliphatic heterocycles. The van der Waals surface area contributed by atoms with Crippen LogP contribution in [0.5, 0.6) is 5.75 Å². The summed E-state index contributed by atoms with van der Waals surface area (Å²) in [6, 6.07) is 15.2. The number of benzene rings is 2. The van der Waals surface area contributed by atoms with Gasteiger partial charge in [0, 0.05) is 11.3 Å². The van der Waals surface area contributed by atoms with Crippen LogP contribution in [0.2, 0.25) is 0 Å². The second-order valence-electron chi connectivity index (χ2n) is 6.04. The van der Waals surface area contributed by atoms with E-state index in [1.165, 1.54) is 18.9 Å². The van der Waals surface area contributed by atoms with Gasteiger partial charge in [-0.05, 0) is 30.7 Å². The molecule has 1 heterocycles. The summed E-state index contributed by atoms with van der Waals surface area (Å²) in [5.74, 6) is 0.390. The molecule has 2 aromatic rings. The Morgan fingerprint density at radius 1 is 1.23 bits per heavy atom. The predicted molar refractivity (Wildman–Crippen MR) is 101 cm³/mol. The van der Waals surface area contributed by atoms with Crippen molar-refractivity contribution in [3.8, 4) is 5.75 Å². The Kier molecular flexibility index (Phi) is 5.83. The van der Waals surface area contributed by atoms with Crippen LogP contribution in [-0.2, 0) is 16.0 Å². The zero-order chi connectivity index (χ0) is 18.5. The summed E-state index contributed by atoms with van der Waals surface area (Å²) >= 11 is 1.31. The number of hydrogen-bond donors (Lipinski definition) is 1. The molecule has 1 amide bonds. The van der Waals surface area contributed by atoms with Gasteiger partial charge in [-0.2, -0.15) is 0 Å². The molecule has 5 nitrogen and oxygen atoms in total. The number of rotatable bonds is 6. The molecule has 1 aliphatic rings. The highest BCUT2D eigenvalue weighted by molar-refractivity contribution is 8.00. The Bertz CT molecular complexity index is 783. The first-order chi connectivity index (χ1) is 12.6. The fourth-order valence-corrected chi connectivity index (χ4v) is 3.85. The number of esters is 1. The third-order valence-corrected chi connectivity index (χ3v) is 5.33. The standard InChI is InChI=1S/C20H21NO4S/c1-13(20(23)24-2)26-18-10-6-4-8-16(18)19(22)21-12-15-11-14-7-3-5-9-17(14)25-15/h3-10,13,15H,11-12H2,1-2H3,(H,21,22)/t13-,15+/m0/s1. The predicted octanol–water partition coefficient (Wildman–Crippen LogP) is 3.07. The van der Waals surface area contributed by atoms with E-state index in [1.54, 1.807) is 13.0 Å². The van der Waals surface area contributed by atoms with Gasteiger partial charge in [-0.3, -0.25) is 9.59 Å². The maximum absolute atomic E-state index is 12.6. The molecule has 0 fully saturated rings. The minimum atomic E-state index is -0.387. The van der Waals surface area contributed by atoms with E-state index >= 15 is 0 Å². The number of amides is 1. The van der Waals surface area contributed by atoms with E-state index in [9.17, 15) is 9.59 Å². The lowest BCUT2D eigenvalue weighted by Gasteiger charge is -2.15. The first-order valence-corrected chi connectivity index (χ1v) is 9.32. The van der Waals surface area contributed by atoms with Gasteiger partial charge >= 0.3 is 5.97 Å². The fraction of sp³-hybridized carbons (Fsp3) is 0.300. The molecule has 0 spiro atoms. The van der Waals surface area contributed by atoms with Gasteiger partial charge in [0.05, 0.1) is 19.2 Å². The Morgan fingerprint density at radius 3 is 2.73 bits per heavy atom. The summed E-state index contributed by atoms with van der Waals surface area (Å²) in [6.45, 7) is 2.19. The minimum Gasteiger partial charge on any atom is -0.488 e. The lowest BCUT2D eigenvalue weighted by atomic mass is 10.1. The van der Waals surface area contributed by atoms with E-state index in [4.69, 9.17) is 9.47 Å². The fourth-order valence-electron chi connectivity index (χ4n) is 2.83. The van der Waals surface area contributed by atoms with Crippen molar-refractivity contribution < 1.29 is 19.1 Å². The van der Waals surface area contributed by atoms with Gasteiger partial charge in [0.25, 0.3) is 5.91 Å². The highest BCUT2D eigenvalue weighted by atomic mass is 32.2. The van der Waals surface area contributed by atoms with E-state index < -0.39 is 0 Å². The van der Waals surface area contributed by atoms with Crippen molar-refractivity contribution in [2.75, 3.05) is 13.7 Å². The molecular weight excluding hydrogens is 350 g/mol. The molecule has 1 N–H and O–H groups in total. The number of thioether (sulfide) groups is 1. The van der Waals surface area contributed by atoms with E-state index in [0.717, 1.165) is 22.6 Å². The van der Waals surface area contributed by atoms with Crippen molar-refractivity contribution in [1.29, 1.82) is 0 Å². The molecular formula is C20H21NO4S. The number of para-hydroxylation sites is 1. The van der Waals surface area contributed by atoms with Crippen LogP contribution in [0.1, 0.15) is 22.8 Å². The third-order valence-electron chi connectivity index (χ3n) is 4.17. The normalized spacial score (nSPS) is 16.3. The van der Waals surface area contributed by atoms with Crippen molar-refractivity contribution >= 4 is 23.6 Å². The summed E-state index contributed by atoms with van der Waals surface area (Å²) in [7, 11) is 1.36. The second-order valence-corrected chi connectivity index (χ2v) is 7.42. The molecule has 136 valence electrons. The number of nitrogens with one attached hydrogen (secondary N) is 1. The number of carbonyl (C=O) groups excluding carboxylic acids is 2. The van der Waals surface area contributed by atoms with Crippen LogP contribution >= 0.6 is 11.8 Å². The maximum atomic E-state index is 12.6. The number of fused-ring (bicyclic) bond motifs is 1. The molecule has 0 radical (unpaired) electrons. The summed E-state index contributed by atoms with van der Waals surface area (Å²) in [6.07, 6.45) is 0.719. The molecule has 2 atom stereocenters. The molecule has 6 heteroatoms. The van der Waals surface area contributed by atoms with Crippen LogP contribution < -0.4 is 10.1 Å². The van der Waals surface area contributed by atoms with Gasteiger partial charge in [-0.25, -0.2) is 0 Å². The lowest BCUT2D eigenvalue weighted by molar-refractivity contribution is -0.139. The average molecular weight is 371 g/mol. The first-order valence-electron chi connectivity index (χ1n) is 8.44. The van der Waals surface area contributed by atoms with Crippen molar-refractivity contribution in [1.82, 2.24) is 5.32 Å². The summed E-state index contributed by atoms with van der Waals surface area (Å²) < 4.78 is 10.6. The van der Waals surface area contributed by atoms with Crippen LogP contribution in [0.3, 0.4) is 0 Å². The van der Waals surface area contributed by atoms with Crippen molar-refractivity contribution in [2.45, 2.75) is 29.6 Å². The summed E-state index contributed by atoms with van der Waals surface area (Å²) in [4.78, 5) is 25.0. The monoisotopic (exact) mass is 371 g/mol. The van der Waals surface area contributed by atoms with Gasteiger partial charge in [0.15, 0.2) is 0 Å². The van der Waals surface area contributed by atoms with E-state index in [1.807, 2.05) is 42.5 Å².